The zero-order chi connectivity index (χ0) is 22.9. The second-order valence-corrected chi connectivity index (χ2v) is 9.19. The Balaban J connectivity index is 1.94. The molecule has 0 aromatic heterocycles. The normalized spacial score (nSPS) is 17.5. The van der Waals surface area contributed by atoms with Gasteiger partial charge >= 0.3 is 5.97 Å². The smallest absolute Gasteiger partial charge is 0.303 e. The van der Waals surface area contributed by atoms with Crippen molar-refractivity contribution in [3.8, 4) is 17.6 Å². The lowest BCUT2D eigenvalue weighted by Crippen LogP contribution is -2.37. The first-order valence-corrected chi connectivity index (χ1v) is 11.8. The van der Waals surface area contributed by atoms with Gasteiger partial charge in [-0.05, 0) is 82.9 Å². The average Bonchev–Trinajstić information content (AvgIpc) is 2.73. The van der Waals surface area contributed by atoms with Gasteiger partial charge in [-0.3, -0.25) is 4.79 Å². The van der Waals surface area contributed by atoms with Crippen LogP contribution in [0.15, 0.2) is 0 Å². The molecule has 0 amide bonds. The van der Waals surface area contributed by atoms with Crippen LogP contribution in [0.4, 0.5) is 0 Å². The third-order valence-corrected chi connectivity index (χ3v) is 6.59. The van der Waals surface area contributed by atoms with Gasteiger partial charge in [0.05, 0.1) is 12.7 Å². The molecule has 0 spiro atoms. The van der Waals surface area contributed by atoms with Crippen LogP contribution in [0.25, 0.3) is 0 Å². The second-order valence-electron chi connectivity index (χ2n) is 9.19. The van der Waals surface area contributed by atoms with E-state index in [0.29, 0.717) is 19.4 Å². The zero-order valence-corrected chi connectivity index (χ0v) is 19.8. The van der Waals surface area contributed by atoms with Gasteiger partial charge in [-0.15, -0.1) is 0 Å². The Morgan fingerprint density at radius 1 is 1.06 bits per heavy atom. The Hall–Kier alpha value is -2.22. The van der Waals surface area contributed by atoms with Crippen molar-refractivity contribution in [1.29, 1.82) is 5.26 Å². The highest BCUT2D eigenvalue weighted by Crippen LogP contribution is 2.45. The fourth-order valence-electron chi connectivity index (χ4n) is 4.48. The van der Waals surface area contributed by atoms with E-state index >= 15 is 0 Å². The summed E-state index contributed by atoms with van der Waals surface area (Å²) in [5.74, 6) is 1.13. The number of unbranched alkanes of at least 4 members (excludes halogenated alkanes) is 6. The molecule has 1 aliphatic rings. The highest BCUT2D eigenvalue weighted by Gasteiger charge is 2.34. The number of benzene rings is 1. The van der Waals surface area contributed by atoms with Crippen molar-refractivity contribution in [2.45, 2.75) is 110 Å². The molecule has 31 heavy (non-hydrogen) atoms. The monoisotopic (exact) mass is 429 g/mol. The molecule has 1 heterocycles. The molecule has 1 unspecified atom stereocenters. The van der Waals surface area contributed by atoms with E-state index in [0.717, 1.165) is 60.3 Å². The summed E-state index contributed by atoms with van der Waals surface area (Å²) in [5.41, 5.74) is 4.48. The Morgan fingerprint density at radius 3 is 2.42 bits per heavy atom. The molecule has 172 valence electrons. The third kappa shape index (κ3) is 7.16. The van der Waals surface area contributed by atoms with E-state index in [1.54, 1.807) is 0 Å². The fourth-order valence-corrected chi connectivity index (χ4v) is 4.48. The molecular formula is C26H39NO4. The van der Waals surface area contributed by atoms with E-state index < -0.39 is 5.97 Å². The lowest BCUT2D eigenvalue weighted by atomic mass is 9.84. The number of fused-ring (bicyclic) bond motifs is 1. The number of hydrogen-bond acceptors (Lipinski definition) is 4. The van der Waals surface area contributed by atoms with E-state index in [2.05, 4.69) is 33.8 Å². The topological polar surface area (TPSA) is 79.5 Å². The van der Waals surface area contributed by atoms with Crippen molar-refractivity contribution in [3.05, 3.63) is 22.3 Å². The number of carboxylic acids is 1. The van der Waals surface area contributed by atoms with Crippen LogP contribution in [0.2, 0.25) is 0 Å². The highest BCUT2D eigenvalue weighted by molar-refractivity contribution is 5.66. The average molecular weight is 430 g/mol. The maximum Gasteiger partial charge on any atom is 0.303 e. The summed E-state index contributed by atoms with van der Waals surface area (Å²) in [6.07, 6.45) is 11.4. The fraction of sp³-hybridized carbons (Fsp3) is 0.692. The Labute approximate surface area is 187 Å². The van der Waals surface area contributed by atoms with Crippen LogP contribution < -0.4 is 9.47 Å². The molecule has 0 fully saturated rings. The maximum absolute atomic E-state index is 10.7. The SMILES string of the molecule is Cc1c(C)c2c(c(C)c1OCCCC(=O)O)CCC(C)(CCCCCCCCC#N)O2. The minimum absolute atomic E-state index is 0.124. The van der Waals surface area contributed by atoms with Gasteiger partial charge in [0.25, 0.3) is 0 Å². The van der Waals surface area contributed by atoms with Crippen molar-refractivity contribution < 1.29 is 19.4 Å². The molecule has 0 saturated carbocycles. The molecular weight excluding hydrogens is 390 g/mol. The number of rotatable bonds is 13. The summed E-state index contributed by atoms with van der Waals surface area (Å²) in [4.78, 5) is 10.7. The summed E-state index contributed by atoms with van der Waals surface area (Å²) < 4.78 is 12.6. The first-order valence-electron chi connectivity index (χ1n) is 11.8. The van der Waals surface area contributed by atoms with Gasteiger partial charge in [0.1, 0.15) is 17.1 Å². The standard InChI is InChI=1S/C26H39NO4/c1-19-20(2)25-22(21(3)24(19)30-18-12-13-23(28)29)14-16-26(4,31-25)15-10-8-6-5-7-9-11-17-27/h5-16,18H2,1-4H3,(H,28,29). The zero-order valence-electron chi connectivity index (χ0n) is 19.8. The van der Waals surface area contributed by atoms with Gasteiger partial charge in [0, 0.05) is 18.4 Å². The highest BCUT2D eigenvalue weighted by atomic mass is 16.5. The molecule has 1 atom stereocenters. The molecule has 1 aliphatic heterocycles. The number of carboxylic acid groups (broad SMARTS) is 1. The molecule has 0 bridgehead atoms. The number of nitrogens with zero attached hydrogens (tertiary/aromatic N) is 1. The summed E-state index contributed by atoms with van der Waals surface area (Å²) in [6, 6.07) is 2.21. The minimum Gasteiger partial charge on any atom is -0.493 e. The molecule has 5 heteroatoms. The van der Waals surface area contributed by atoms with E-state index in [1.165, 1.54) is 31.2 Å². The number of nitriles is 1. The number of aliphatic carboxylic acids is 1. The van der Waals surface area contributed by atoms with Crippen LogP contribution >= 0.6 is 0 Å². The van der Waals surface area contributed by atoms with Crippen LogP contribution in [0.1, 0.15) is 99.8 Å². The van der Waals surface area contributed by atoms with Crippen molar-refractivity contribution in [2.24, 2.45) is 0 Å². The van der Waals surface area contributed by atoms with Crippen LogP contribution in [0.5, 0.6) is 11.5 Å². The summed E-state index contributed by atoms with van der Waals surface area (Å²) >= 11 is 0. The molecule has 0 saturated heterocycles. The third-order valence-electron chi connectivity index (χ3n) is 6.59. The second kappa shape index (κ2) is 12.0. The Morgan fingerprint density at radius 2 is 1.74 bits per heavy atom. The first-order chi connectivity index (χ1) is 14.8. The molecule has 0 aliphatic carbocycles. The van der Waals surface area contributed by atoms with E-state index in [1.807, 2.05) is 0 Å². The number of carbonyl (C=O) groups is 1. The Kier molecular flexibility index (Phi) is 9.68. The van der Waals surface area contributed by atoms with Crippen LogP contribution in [0, 0.1) is 32.1 Å². The van der Waals surface area contributed by atoms with Crippen molar-refractivity contribution in [3.63, 3.8) is 0 Å². The van der Waals surface area contributed by atoms with Gasteiger partial charge in [0.15, 0.2) is 0 Å². The van der Waals surface area contributed by atoms with Gasteiger partial charge in [0.2, 0.25) is 0 Å². The molecule has 1 aromatic carbocycles. The van der Waals surface area contributed by atoms with E-state index in [9.17, 15) is 4.79 Å². The largest absolute Gasteiger partial charge is 0.493 e. The molecule has 1 aromatic rings. The van der Waals surface area contributed by atoms with Gasteiger partial charge in [-0.2, -0.15) is 5.26 Å². The molecule has 2 rings (SSSR count). The summed E-state index contributed by atoms with van der Waals surface area (Å²) in [5, 5.41) is 17.4. The summed E-state index contributed by atoms with van der Waals surface area (Å²) in [7, 11) is 0. The minimum atomic E-state index is -0.787. The van der Waals surface area contributed by atoms with Gasteiger partial charge in [-0.25, -0.2) is 0 Å². The van der Waals surface area contributed by atoms with Gasteiger partial charge in [-0.1, -0.05) is 25.7 Å². The van der Waals surface area contributed by atoms with Crippen LogP contribution in [0.3, 0.4) is 0 Å². The van der Waals surface area contributed by atoms with Gasteiger partial charge < -0.3 is 14.6 Å². The predicted octanol–water partition coefficient (Wildman–Crippen LogP) is 6.58. The van der Waals surface area contributed by atoms with Crippen LogP contribution in [-0.2, 0) is 11.2 Å². The lowest BCUT2D eigenvalue weighted by molar-refractivity contribution is -0.137. The quantitative estimate of drug-likeness (QED) is 0.358. The maximum atomic E-state index is 10.7. The molecule has 5 nitrogen and oxygen atoms in total. The number of hydrogen-bond donors (Lipinski definition) is 1. The number of ether oxygens (including phenoxy) is 2. The molecule has 0 radical (unpaired) electrons. The van der Waals surface area contributed by atoms with E-state index in [-0.39, 0.29) is 12.0 Å². The first kappa shape index (κ1) is 25.0. The van der Waals surface area contributed by atoms with E-state index in [4.69, 9.17) is 19.8 Å². The van der Waals surface area contributed by atoms with Crippen molar-refractivity contribution in [1.82, 2.24) is 0 Å². The molecule has 1 N–H and O–H groups in total. The van der Waals surface area contributed by atoms with Crippen molar-refractivity contribution in [2.75, 3.05) is 6.61 Å². The summed E-state index contributed by atoms with van der Waals surface area (Å²) in [6.45, 7) is 8.92. The van der Waals surface area contributed by atoms with Crippen LogP contribution in [-0.4, -0.2) is 23.3 Å². The predicted molar refractivity (Wildman–Crippen MR) is 123 cm³/mol. The Bertz CT molecular complexity index is 796. The lowest BCUT2D eigenvalue weighted by Gasteiger charge is -2.38. The van der Waals surface area contributed by atoms with Crippen molar-refractivity contribution >= 4 is 5.97 Å².